The van der Waals surface area contributed by atoms with Crippen LogP contribution in [0.25, 0.3) is 0 Å². The molecule has 23 heavy (non-hydrogen) atoms. The minimum atomic E-state index is -0.343. The average molecular weight is 318 g/mol. The van der Waals surface area contributed by atoms with Gasteiger partial charge in [-0.05, 0) is 56.1 Å². The quantitative estimate of drug-likeness (QED) is 0.865. The molecule has 3 rings (SSSR count). The number of carbonyl (C=O) groups is 2. The van der Waals surface area contributed by atoms with Gasteiger partial charge in [0, 0.05) is 30.5 Å². The Kier molecular flexibility index (Phi) is 4.76. The molecule has 4 nitrogen and oxygen atoms in total. The van der Waals surface area contributed by atoms with E-state index in [1.807, 2.05) is 11.8 Å². The van der Waals surface area contributed by atoms with Crippen LogP contribution < -0.4 is 5.32 Å². The number of nitrogens with zero attached hydrogens (tertiary/aromatic N) is 1. The van der Waals surface area contributed by atoms with E-state index in [0.717, 1.165) is 32.5 Å². The van der Waals surface area contributed by atoms with Crippen molar-refractivity contribution < 1.29 is 14.0 Å². The molecule has 0 aromatic heterocycles. The van der Waals surface area contributed by atoms with Crippen LogP contribution in [0.15, 0.2) is 24.3 Å². The lowest BCUT2D eigenvalue weighted by Crippen LogP contribution is -2.52. The Labute approximate surface area is 136 Å². The second-order valence-electron chi connectivity index (χ2n) is 6.70. The summed E-state index contributed by atoms with van der Waals surface area (Å²) in [6.45, 7) is 5.01. The molecule has 0 radical (unpaired) electrons. The summed E-state index contributed by atoms with van der Waals surface area (Å²) >= 11 is 0. The predicted molar refractivity (Wildman–Crippen MR) is 85.6 cm³/mol. The molecule has 2 aliphatic rings. The van der Waals surface area contributed by atoms with Crippen molar-refractivity contribution >= 4 is 11.7 Å². The first-order chi connectivity index (χ1) is 11.1. The van der Waals surface area contributed by atoms with Crippen LogP contribution in [0.5, 0.6) is 0 Å². The normalized spacial score (nSPS) is 23.2. The molecule has 0 spiro atoms. The zero-order chi connectivity index (χ0) is 16.4. The largest absolute Gasteiger partial charge is 0.342 e. The summed E-state index contributed by atoms with van der Waals surface area (Å²) < 4.78 is 13.0. The van der Waals surface area contributed by atoms with Crippen molar-refractivity contribution in [2.75, 3.05) is 26.2 Å². The van der Waals surface area contributed by atoms with Crippen LogP contribution in [-0.4, -0.2) is 42.8 Å². The molecule has 124 valence electrons. The van der Waals surface area contributed by atoms with Gasteiger partial charge in [-0.3, -0.25) is 9.59 Å². The van der Waals surface area contributed by atoms with Gasteiger partial charge in [0.25, 0.3) is 0 Å². The third-order valence-electron chi connectivity index (χ3n) is 5.14. The van der Waals surface area contributed by atoms with Crippen LogP contribution in [-0.2, 0) is 4.79 Å². The van der Waals surface area contributed by atoms with E-state index in [9.17, 15) is 14.0 Å². The van der Waals surface area contributed by atoms with Gasteiger partial charge in [-0.2, -0.15) is 0 Å². The third-order valence-corrected chi connectivity index (χ3v) is 5.14. The number of piperidine rings is 1. The predicted octanol–water partition coefficient (Wildman–Crippen LogP) is 2.10. The van der Waals surface area contributed by atoms with E-state index in [1.165, 1.54) is 24.3 Å². The monoisotopic (exact) mass is 318 g/mol. The maximum Gasteiger partial charge on any atom is 0.225 e. The summed E-state index contributed by atoms with van der Waals surface area (Å²) in [4.78, 5) is 27.0. The first-order valence-electron chi connectivity index (χ1n) is 8.35. The Balaban J connectivity index is 1.64. The number of carbonyl (C=O) groups excluding carboxylic acids is 2. The molecule has 1 amide bonds. The number of ketones is 1. The first kappa shape index (κ1) is 16.1. The molecule has 5 heteroatoms. The topological polar surface area (TPSA) is 49.4 Å². The Hall–Kier alpha value is -1.75. The molecule has 1 aromatic rings. The molecule has 1 N–H and O–H groups in total. The fourth-order valence-corrected chi connectivity index (χ4v) is 3.40. The van der Waals surface area contributed by atoms with Crippen molar-refractivity contribution in [3.05, 3.63) is 35.6 Å². The minimum absolute atomic E-state index is 0.0101. The second-order valence-corrected chi connectivity index (χ2v) is 6.70. The van der Waals surface area contributed by atoms with Gasteiger partial charge in [-0.25, -0.2) is 4.39 Å². The van der Waals surface area contributed by atoms with Crippen molar-refractivity contribution in [3.8, 4) is 0 Å². The number of rotatable bonds is 4. The van der Waals surface area contributed by atoms with Gasteiger partial charge in [0.15, 0.2) is 5.78 Å². The van der Waals surface area contributed by atoms with E-state index in [4.69, 9.17) is 0 Å². The lowest BCUT2D eigenvalue weighted by Gasteiger charge is -2.38. The molecular weight excluding hydrogens is 295 g/mol. The van der Waals surface area contributed by atoms with Crippen LogP contribution in [0.4, 0.5) is 4.39 Å². The van der Waals surface area contributed by atoms with Crippen LogP contribution >= 0.6 is 0 Å². The molecule has 1 aromatic carbocycles. The highest BCUT2D eigenvalue weighted by Gasteiger charge is 2.35. The molecule has 2 atom stereocenters. The third kappa shape index (κ3) is 3.44. The van der Waals surface area contributed by atoms with E-state index < -0.39 is 0 Å². The van der Waals surface area contributed by atoms with Crippen molar-refractivity contribution in [2.24, 2.45) is 17.8 Å². The van der Waals surface area contributed by atoms with Crippen LogP contribution in [0.3, 0.4) is 0 Å². The molecular formula is C18H23FN2O2. The molecule has 0 aliphatic carbocycles. The van der Waals surface area contributed by atoms with Gasteiger partial charge in [0.1, 0.15) is 5.82 Å². The zero-order valence-corrected chi connectivity index (χ0v) is 13.4. The van der Waals surface area contributed by atoms with Crippen molar-refractivity contribution in [1.29, 1.82) is 0 Å². The number of halogens is 1. The Bertz CT molecular complexity index is 583. The van der Waals surface area contributed by atoms with Crippen LogP contribution in [0.2, 0.25) is 0 Å². The number of hydrogen-bond donors (Lipinski definition) is 1. The fourth-order valence-electron chi connectivity index (χ4n) is 3.40. The van der Waals surface area contributed by atoms with E-state index in [1.54, 1.807) is 0 Å². The van der Waals surface area contributed by atoms with Crippen LogP contribution in [0.1, 0.15) is 30.1 Å². The highest BCUT2D eigenvalue weighted by Crippen LogP contribution is 2.25. The maximum atomic E-state index is 13.0. The number of amides is 1. The van der Waals surface area contributed by atoms with Crippen LogP contribution in [0, 0.1) is 23.6 Å². The number of benzene rings is 1. The molecule has 2 aliphatic heterocycles. The summed E-state index contributed by atoms with van der Waals surface area (Å²) in [5, 5.41) is 3.20. The van der Waals surface area contributed by atoms with E-state index in [-0.39, 0.29) is 29.3 Å². The molecule has 2 heterocycles. The standard InChI is InChI=1S/C18H23FN2O2/c1-12(15-9-20-10-15)18(23)21-8-2-3-14(11-21)17(22)13-4-6-16(19)7-5-13/h4-7,12,14-15,20H,2-3,8-11H2,1H3. The van der Waals surface area contributed by atoms with Gasteiger partial charge in [-0.15, -0.1) is 0 Å². The van der Waals surface area contributed by atoms with Gasteiger partial charge < -0.3 is 10.2 Å². The molecule has 2 unspecified atom stereocenters. The second kappa shape index (κ2) is 6.79. The Morgan fingerprint density at radius 3 is 2.57 bits per heavy atom. The summed E-state index contributed by atoms with van der Waals surface area (Å²) in [5.74, 6) is 0.0787. The number of hydrogen-bond acceptors (Lipinski definition) is 3. The van der Waals surface area contributed by atoms with E-state index in [0.29, 0.717) is 18.0 Å². The smallest absolute Gasteiger partial charge is 0.225 e. The number of nitrogens with one attached hydrogen (secondary N) is 1. The Morgan fingerprint density at radius 2 is 1.96 bits per heavy atom. The summed E-state index contributed by atoms with van der Waals surface area (Å²) in [6.07, 6.45) is 1.64. The number of Topliss-reactive ketones (excluding diaryl/α,β-unsaturated/α-hetero) is 1. The van der Waals surface area contributed by atoms with Crippen molar-refractivity contribution in [2.45, 2.75) is 19.8 Å². The molecule has 0 saturated carbocycles. The average Bonchev–Trinajstić information content (AvgIpc) is 2.52. The lowest BCUT2D eigenvalue weighted by molar-refractivity contribution is -0.138. The highest BCUT2D eigenvalue weighted by atomic mass is 19.1. The summed E-state index contributed by atoms with van der Waals surface area (Å²) in [6, 6.07) is 5.68. The Morgan fingerprint density at radius 1 is 1.26 bits per heavy atom. The first-order valence-corrected chi connectivity index (χ1v) is 8.35. The highest BCUT2D eigenvalue weighted by molar-refractivity contribution is 5.98. The number of likely N-dealkylation sites (tertiary alicyclic amines) is 1. The zero-order valence-electron chi connectivity index (χ0n) is 13.4. The SMILES string of the molecule is CC(C(=O)N1CCCC(C(=O)c2ccc(F)cc2)C1)C1CNC1. The molecule has 2 fully saturated rings. The van der Waals surface area contributed by atoms with Gasteiger partial charge >= 0.3 is 0 Å². The summed E-state index contributed by atoms with van der Waals surface area (Å²) in [7, 11) is 0. The fraction of sp³-hybridized carbons (Fsp3) is 0.556. The maximum absolute atomic E-state index is 13.0. The van der Waals surface area contributed by atoms with Gasteiger partial charge in [0.05, 0.1) is 0 Å². The van der Waals surface area contributed by atoms with Gasteiger partial charge in [-0.1, -0.05) is 6.92 Å². The van der Waals surface area contributed by atoms with Gasteiger partial charge in [0.2, 0.25) is 5.91 Å². The van der Waals surface area contributed by atoms with Crippen molar-refractivity contribution in [1.82, 2.24) is 10.2 Å². The molecule has 2 saturated heterocycles. The molecule has 0 bridgehead atoms. The lowest BCUT2D eigenvalue weighted by atomic mass is 9.85. The van der Waals surface area contributed by atoms with E-state index in [2.05, 4.69) is 5.32 Å². The van der Waals surface area contributed by atoms with Crippen molar-refractivity contribution in [3.63, 3.8) is 0 Å². The summed E-state index contributed by atoms with van der Waals surface area (Å²) in [5.41, 5.74) is 0.530. The minimum Gasteiger partial charge on any atom is -0.342 e. The van der Waals surface area contributed by atoms with E-state index >= 15 is 0 Å².